The second kappa shape index (κ2) is 6.30. The lowest BCUT2D eigenvalue weighted by atomic mass is 10.2. The minimum absolute atomic E-state index is 0.0103. The zero-order valence-corrected chi connectivity index (χ0v) is 8.57. The summed E-state index contributed by atoms with van der Waals surface area (Å²) in [6, 6.07) is 0. The van der Waals surface area contributed by atoms with E-state index < -0.39 is 12.6 Å². The van der Waals surface area contributed by atoms with Crippen LogP contribution >= 0.6 is 0 Å². The van der Waals surface area contributed by atoms with Crippen molar-refractivity contribution in [1.29, 1.82) is 0 Å². The van der Waals surface area contributed by atoms with Crippen LogP contribution in [0.15, 0.2) is 0 Å². The lowest BCUT2D eigenvalue weighted by Crippen LogP contribution is -2.40. The molecule has 1 aliphatic rings. The topological polar surface area (TPSA) is 33.3 Å². The van der Waals surface area contributed by atoms with E-state index in [1.54, 1.807) is 0 Å². The molecular weight excluding hydrogens is 209 g/mol. The van der Waals surface area contributed by atoms with E-state index in [1.165, 1.54) is 0 Å². The van der Waals surface area contributed by atoms with Gasteiger partial charge in [0.05, 0.1) is 19.1 Å². The molecule has 0 aliphatic carbocycles. The molecule has 0 saturated carbocycles. The van der Waals surface area contributed by atoms with Crippen LogP contribution in [0.1, 0.15) is 12.8 Å². The number of hydrogen-bond donors (Lipinski definition) is 2. The van der Waals surface area contributed by atoms with E-state index in [0.29, 0.717) is 13.2 Å². The van der Waals surface area contributed by atoms with Gasteiger partial charge in [-0.2, -0.15) is 13.2 Å². The Morgan fingerprint density at radius 3 is 2.73 bits per heavy atom. The van der Waals surface area contributed by atoms with E-state index >= 15 is 0 Å². The summed E-state index contributed by atoms with van der Waals surface area (Å²) in [5.41, 5.74) is 0. The lowest BCUT2D eigenvalue weighted by Gasteiger charge is -2.23. The standard InChI is InChI=1S/C9H17F3N2O/c10-9(11,12)2-4-13-3-1-8-7-14-5-6-15-8/h8,13-14H,1-7H2. The summed E-state index contributed by atoms with van der Waals surface area (Å²) >= 11 is 0. The Morgan fingerprint density at radius 2 is 2.13 bits per heavy atom. The predicted octanol–water partition coefficient (Wildman–Crippen LogP) is 0.907. The van der Waals surface area contributed by atoms with Crippen LogP contribution in [0.5, 0.6) is 0 Å². The first-order valence-corrected chi connectivity index (χ1v) is 5.18. The van der Waals surface area contributed by atoms with Crippen LogP contribution in [0.3, 0.4) is 0 Å². The average Bonchev–Trinajstić information content (AvgIpc) is 2.17. The largest absolute Gasteiger partial charge is 0.390 e. The third-order valence-corrected chi connectivity index (χ3v) is 2.23. The van der Waals surface area contributed by atoms with Crippen molar-refractivity contribution in [3.8, 4) is 0 Å². The van der Waals surface area contributed by atoms with Crippen LogP contribution in [0.25, 0.3) is 0 Å². The van der Waals surface area contributed by atoms with Gasteiger partial charge in [0.1, 0.15) is 0 Å². The SMILES string of the molecule is FC(F)(F)CCNCCC1CNCCO1. The van der Waals surface area contributed by atoms with Gasteiger partial charge < -0.3 is 15.4 Å². The fourth-order valence-corrected chi connectivity index (χ4v) is 1.42. The van der Waals surface area contributed by atoms with Gasteiger partial charge in [-0.3, -0.25) is 0 Å². The highest BCUT2D eigenvalue weighted by molar-refractivity contribution is 4.68. The molecule has 1 aliphatic heterocycles. The number of halogens is 3. The molecule has 0 bridgehead atoms. The zero-order valence-electron chi connectivity index (χ0n) is 8.57. The molecule has 1 unspecified atom stereocenters. The quantitative estimate of drug-likeness (QED) is 0.683. The molecule has 1 fully saturated rings. The van der Waals surface area contributed by atoms with Crippen molar-refractivity contribution >= 4 is 0 Å². The maximum absolute atomic E-state index is 11.8. The van der Waals surface area contributed by atoms with Crippen LogP contribution in [0, 0.1) is 0 Å². The summed E-state index contributed by atoms with van der Waals surface area (Å²) in [6.07, 6.45) is -3.94. The smallest absolute Gasteiger partial charge is 0.376 e. The Bertz CT molecular complexity index is 169. The first-order valence-electron chi connectivity index (χ1n) is 5.18. The Morgan fingerprint density at radius 1 is 1.33 bits per heavy atom. The molecule has 15 heavy (non-hydrogen) atoms. The first-order chi connectivity index (χ1) is 7.08. The number of ether oxygens (including phenoxy) is 1. The first kappa shape index (κ1) is 12.7. The average molecular weight is 226 g/mol. The van der Waals surface area contributed by atoms with Gasteiger partial charge in [-0.1, -0.05) is 0 Å². The second-order valence-corrected chi connectivity index (χ2v) is 3.60. The molecule has 0 aromatic carbocycles. The Hall–Kier alpha value is -0.330. The van der Waals surface area contributed by atoms with Crippen molar-refractivity contribution in [3.05, 3.63) is 0 Å². The maximum Gasteiger partial charge on any atom is 0.390 e. The van der Waals surface area contributed by atoms with Crippen molar-refractivity contribution in [2.45, 2.75) is 25.1 Å². The summed E-state index contributed by atoms with van der Waals surface area (Å²) in [7, 11) is 0. The maximum atomic E-state index is 11.8. The van der Waals surface area contributed by atoms with Crippen molar-refractivity contribution in [2.24, 2.45) is 0 Å². The highest BCUT2D eigenvalue weighted by Crippen LogP contribution is 2.18. The summed E-state index contributed by atoms with van der Waals surface area (Å²) in [4.78, 5) is 0. The molecule has 0 amide bonds. The van der Waals surface area contributed by atoms with Crippen LogP contribution in [-0.4, -0.2) is 45.1 Å². The van der Waals surface area contributed by atoms with Gasteiger partial charge in [0.2, 0.25) is 0 Å². The number of morpholine rings is 1. The van der Waals surface area contributed by atoms with Gasteiger partial charge in [0, 0.05) is 19.6 Å². The molecule has 3 nitrogen and oxygen atoms in total. The highest BCUT2D eigenvalue weighted by atomic mass is 19.4. The number of hydrogen-bond acceptors (Lipinski definition) is 3. The van der Waals surface area contributed by atoms with Gasteiger partial charge in [-0.05, 0) is 13.0 Å². The molecule has 1 atom stereocenters. The minimum Gasteiger partial charge on any atom is -0.376 e. The molecule has 0 aromatic rings. The van der Waals surface area contributed by atoms with Crippen molar-refractivity contribution in [2.75, 3.05) is 32.8 Å². The monoisotopic (exact) mass is 226 g/mol. The molecule has 90 valence electrons. The number of alkyl halides is 3. The molecule has 1 saturated heterocycles. The summed E-state index contributed by atoms with van der Waals surface area (Å²) < 4.78 is 40.7. The summed E-state index contributed by atoms with van der Waals surface area (Å²) in [5, 5.41) is 5.93. The van der Waals surface area contributed by atoms with E-state index in [0.717, 1.165) is 19.5 Å². The van der Waals surface area contributed by atoms with Crippen molar-refractivity contribution < 1.29 is 17.9 Å². The molecule has 1 rings (SSSR count). The lowest BCUT2D eigenvalue weighted by molar-refractivity contribution is -0.133. The van der Waals surface area contributed by atoms with Gasteiger partial charge >= 0.3 is 6.18 Å². The summed E-state index contributed by atoms with van der Waals surface area (Å²) in [6.45, 7) is 2.90. The van der Waals surface area contributed by atoms with Gasteiger partial charge in [0.25, 0.3) is 0 Å². The van der Waals surface area contributed by atoms with E-state index in [-0.39, 0.29) is 12.6 Å². The van der Waals surface area contributed by atoms with Gasteiger partial charge in [-0.15, -0.1) is 0 Å². The fourth-order valence-electron chi connectivity index (χ4n) is 1.42. The highest BCUT2D eigenvalue weighted by Gasteiger charge is 2.25. The third kappa shape index (κ3) is 6.70. The van der Waals surface area contributed by atoms with E-state index in [1.807, 2.05) is 0 Å². The molecule has 0 radical (unpaired) electrons. The van der Waals surface area contributed by atoms with E-state index in [4.69, 9.17) is 4.74 Å². The van der Waals surface area contributed by atoms with Crippen molar-refractivity contribution in [1.82, 2.24) is 10.6 Å². The molecule has 1 heterocycles. The van der Waals surface area contributed by atoms with Gasteiger partial charge in [-0.25, -0.2) is 0 Å². The number of rotatable bonds is 5. The third-order valence-electron chi connectivity index (χ3n) is 2.23. The minimum atomic E-state index is -4.06. The van der Waals surface area contributed by atoms with E-state index in [9.17, 15) is 13.2 Å². The number of nitrogens with one attached hydrogen (secondary N) is 2. The summed E-state index contributed by atoms with van der Waals surface area (Å²) in [5.74, 6) is 0. The molecule has 6 heteroatoms. The van der Waals surface area contributed by atoms with Crippen LogP contribution < -0.4 is 10.6 Å². The Labute approximate surface area is 87.4 Å². The predicted molar refractivity (Wildman–Crippen MR) is 50.8 cm³/mol. The van der Waals surface area contributed by atoms with Crippen LogP contribution in [0.4, 0.5) is 13.2 Å². The Balaban J connectivity index is 1.92. The molecule has 0 aromatic heterocycles. The normalized spacial score (nSPS) is 23.0. The molecule has 2 N–H and O–H groups in total. The molecular formula is C9H17F3N2O. The van der Waals surface area contributed by atoms with Crippen LogP contribution in [0.2, 0.25) is 0 Å². The zero-order chi connectivity index (χ0) is 11.1. The van der Waals surface area contributed by atoms with Crippen molar-refractivity contribution in [3.63, 3.8) is 0 Å². The fraction of sp³-hybridized carbons (Fsp3) is 1.00. The van der Waals surface area contributed by atoms with Crippen LogP contribution in [-0.2, 0) is 4.74 Å². The molecule has 0 spiro atoms. The van der Waals surface area contributed by atoms with E-state index in [2.05, 4.69) is 10.6 Å². The van der Waals surface area contributed by atoms with Gasteiger partial charge in [0.15, 0.2) is 0 Å². The second-order valence-electron chi connectivity index (χ2n) is 3.60. The Kier molecular flexibility index (Phi) is 5.35.